The molecule has 11 heteroatoms. The summed E-state index contributed by atoms with van der Waals surface area (Å²) in [6, 6.07) is 4.73. The van der Waals surface area contributed by atoms with E-state index in [2.05, 4.69) is 27.9 Å². The molecular weight excluding hydrogens is 404 g/mol. The van der Waals surface area contributed by atoms with E-state index in [1.807, 2.05) is 0 Å². The summed E-state index contributed by atoms with van der Waals surface area (Å²) in [6.45, 7) is 2.30. The third-order valence-electron chi connectivity index (χ3n) is 4.53. The maximum absolute atomic E-state index is 12.4. The van der Waals surface area contributed by atoms with Gasteiger partial charge in [0.1, 0.15) is 18.3 Å². The monoisotopic (exact) mass is 428 g/mol. The van der Waals surface area contributed by atoms with Gasteiger partial charge in [-0.15, -0.1) is 0 Å². The lowest BCUT2D eigenvalue weighted by Gasteiger charge is -2.12. The number of carbonyl (C=O) groups is 2. The third-order valence-corrected chi connectivity index (χ3v) is 4.53. The number of aryl methyl sites for hydroxylation is 1. The molecule has 2 aromatic heterocycles. The smallest absolute Gasteiger partial charge is 0.269 e. The minimum atomic E-state index is -0.591. The van der Waals surface area contributed by atoms with Crippen LogP contribution < -0.4 is 25.9 Å². The van der Waals surface area contributed by atoms with Crippen LogP contribution in [0.2, 0.25) is 0 Å². The van der Waals surface area contributed by atoms with Crippen molar-refractivity contribution in [1.29, 1.82) is 0 Å². The number of nitrogens with one attached hydrogen (secondary N) is 2. The number of benzene rings is 1. The molecule has 3 aromatic rings. The zero-order valence-electron chi connectivity index (χ0n) is 17.5. The van der Waals surface area contributed by atoms with Gasteiger partial charge in [0.05, 0.1) is 19.9 Å². The predicted octanol–water partition coefficient (Wildman–Crippen LogP) is 0.779. The molecule has 2 amide bonds. The summed E-state index contributed by atoms with van der Waals surface area (Å²) >= 11 is 0. The van der Waals surface area contributed by atoms with Crippen LogP contribution in [0.1, 0.15) is 30.1 Å². The number of rotatable bonds is 8. The number of nitrogens with zero attached hydrogens (tertiary/aromatic N) is 4. The van der Waals surface area contributed by atoms with Gasteiger partial charge in [0, 0.05) is 12.6 Å². The lowest BCUT2D eigenvalue weighted by Crippen LogP contribution is -2.44. The van der Waals surface area contributed by atoms with Crippen LogP contribution in [-0.2, 0) is 18.4 Å². The van der Waals surface area contributed by atoms with Crippen LogP contribution in [0.15, 0.2) is 35.5 Å². The van der Waals surface area contributed by atoms with E-state index in [4.69, 9.17) is 9.47 Å². The summed E-state index contributed by atoms with van der Waals surface area (Å²) in [6.07, 6.45) is 4.56. The zero-order chi connectivity index (χ0) is 22.4. The number of carbonyl (C=O) groups excluding carboxylic acids is 2. The molecule has 0 atom stereocenters. The van der Waals surface area contributed by atoms with Crippen LogP contribution in [0, 0.1) is 0 Å². The Hall–Kier alpha value is -3.89. The highest BCUT2D eigenvalue weighted by Gasteiger charge is 2.14. The molecule has 164 valence electrons. The van der Waals surface area contributed by atoms with Crippen LogP contribution in [0.3, 0.4) is 0 Å². The van der Waals surface area contributed by atoms with Crippen molar-refractivity contribution in [2.24, 2.45) is 7.05 Å². The Morgan fingerprint density at radius 3 is 2.74 bits per heavy atom. The molecule has 2 N–H and O–H groups in total. The Bertz CT molecular complexity index is 1150. The third kappa shape index (κ3) is 5.00. The molecule has 0 saturated carbocycles. The molecule has 0 aliphatic heterocycles. The molecule has 0 aliphatic carbocycles. The summed E-state index contributed by atoms with van der Waals surface area (Å²) in [7, 11) is 3.15. The highest BCUT2D eigenvalue weighted by Crippen LogP contribution is 2.28. The fourth-order valence-electron chi connectivity index (χ4n) is 2.83. The van der Waals surface area contributed by atoms with E-state index in [1.165, 1.54) is 30.4 Å². The van der Waals surface area contributed by atoms with Crippen LogP contribution in [0.25, 0.3) is 11.0 Å². The first-order valence-corrected chi connectivity index (χ1v) is 9.71. The van der Waals surface area contributed by atoms with Crippen LogP contribution >= 0.6 is 0 Å². The lowest BCUT2D eigenvalue weighted by atomic mass is 10.2. The SMILES string of the molecule is CCCCOc1ccc(C(=O)NNC(=O)Cn2cnc3c(cnn3C)c2=O)cc1OC. The molecule has 3 rings (SSSR count). The van der Waals surface area contributed by atoms with Gasteiger partial charge in [-0.1, -0.05) is 13.3 Å². The highest BCUT2D eigenvalue weighted by molar-refractivity contribution is 5.96. The number of fused-ring (bicyclic) bond motifs is 1. The molecule has 0 spiro atoms. The van der Waals surface area contributed by atoms with E-state index >= 15 is 0 Å². The van der Waals surface area contributed by atoms with Gasteiger partial charge >= 0.3 is 0 Å². The molecule has 0 saturated heterocycles. The number of hydrogen-bond acceptors (Lipinski definition) is 7. The molecular formula is C20H24N6O5. The summed E-state index contributed by atoms with van der Waals surface area (Å²) in [5.41, 5.74) is 4.90. The molecule has 0 aliphatic rings. The first kappa shape index (κ1) is 21.8. The van der Waals surface area contributed by atoms with Gasteiger partial charge in [0.15, 0.2) is 17.1 Å². The summed E-state index contributed by atoms with van der Waals surface area (Å²) in [5, 5.41) is 4.28. The zero-order valence-corrected chi connectivity index (χ0v) is 17.5. The van der Waals surface area contributed by atoms with Crippen molar-refractivity contribution >= 4 is 22.8 Å². The van der Waals surface area contributed by atoms with Gasteiger partial charge in [0.2, 0.25) is 0 Å². The topological polar surface area (TPSA) is 129 Å². The molecule has 0 bridgehead atoms. The maximum Gasteiger partial charge on any atom is 0.269 e. The molecule has 11 nitrogen and oxygen atoms in total. The first-order chi connectivity index (χ1) is 14.9. The standard InChI is InChI=1S/C20H24N6O5/c1-4-5-8-31-15-7-6-13(9-16(15)30-3)19(28)24-23-17(27)11-26-12-21-18-14(20(26)29)10-22-25(18)2/h6-7,9-10,12H,4-5,8,11H2,1-3H3,(H,23,27)(H,24,28). The molecule has 0 unspecified atom stereocenters. The minimum Gasteiger partial charge on any atom is -0.493 e. The molecule has 2 heterocycles. The fourth-order valence-corrected chi connectivity index (χ4v) is 2.83. The van der Waals surface area contributed by atoms with E-state index in [9.17, 15) is 14.4 Å². The van der Waals surface area contributed by atoms with Crippen molar-refractivity contribution in [3.05, 3.63) is 46.6 Å². The van der Waals surface area contributed by atoms with E-state index < -0.39 is 17.4 Å². The molecule has 31 heavy (non-hydrogen) atoms. The Morgan fingerprint density at radius 1 is 1.19 bits per heavy atom. The number of ether oxygens (including phenoxy) is 2. The molecule has 1 aromatic carbocycles. The number of hydrazine groups is 1. The highest BCUT2D eigenvalue weighted by atomic mass is 16.5. The second kappa shape index (κ2) is 9.74. The Labute approximate surface area is 177 Å². The number of amides is 2. The average Bonchev–Trinajstić information content (AvgIpc) is 3.15. The van der Waals surface area contributed by atoms with Crippen LogP contribution in [-0.4, -0.2) is 44.9 Å². The summed E-state index contributed by atoms with van der Waals surface area (Å²) < 4.78 is 13.5. The number of aromatic nitrogens is 4. The second-order valence-electron chi connectivity index (χ2n) is 6.75. The van der Waals surface area contributed by atoms with Gasteiger partial charge in [-0.05, 0) is 24.6 Å². The van der Waals surface area contributed by atoms with Gasteiger partial charge < -0.3 is 9.47 Å². The minimum absolute atomic E-state index is 0.274. The maximum atomic E-state index is 12.4. The second-order valence-corrected chi connectivity index (χ2v) is 6.75. The largest absolute Gasteiger partial charge is 0.493 e. The van der Waals surface area contributed by atoms with Crippen molar-refractivity contribution in [2.75, 3.05) is 13.7 Å². The van der Waals surface area contributed by atoms with E-state index in [1.54, 1.807) is 19.2 Å². The Morgan fingerprint density at radius 2 is 2.00 bits per heavy atom. The van der Waals surface area contributed by atoms with Crippen molar-refractivity contribution < 1.29 is 19.1 Å². The average molecular weight is 428 g/mol. The Kier molecular flexibility index (Phi) is 6.85. The quantitative estimate of drug-likeness (QED) is 0.401. The van der Waals surface area contributed by atoms with Crippen LogP contribution in [0.4, 0.5) is 0 Å². The predicted molar refractivity (Wildman–Crippen MR) is 112 cm³/mol. The van der Waals surface area contributed by atoms with Gasteiger partial charge in [-0.2, -0.15) is 5.10 Å². The van der Waals surface area contributed by atoms with E-state index in [-0.39, 0.29) is 12.1 Å². The van der Waals surface area contributed by atoms with Gasteiger partial charge in [-0.25, -0.2) is 4.98 Å². The number of hydrogen-bond donors (Lipinski definition) is 2. The van der Waals surface area contributed by atoms with E-state index in [0.29, 0.717) is 29.1 Å². The number of methoxy groups -OCH3 is 1. The molecule has 0 radical (unpaired) electrons. The van der Waals surface area contributed by atoms with Gasteiger partial charge in [0.25, 0.3) is 17.4 Å². The van der Waals surface area contributed by atoms with E-state index in [0.717, 1.165) is 17.4 Å². The number of unbranched alkanes of at least 4 members (excludes halogenated alkanes) is 1. The molecule has 0 fully saturated rings. The summed E-state index contributed by atoms with van der Waals surface area (Å²) in [4.78, 5) is 41.1. The van der Waals surface area contributed by atoms with Crippen molar-refractivity contribution in [1.82, 2.24) is 30.2 Å². The summed E-state index contributed by atoms with van der Waals surface area (Å²) in [5.74, 6) is -0.182. The van der Waals surface area contributed by atoms with Crippen molar-refractivity contribution in [3.8, 4) is 11.5 Å². The van der Waals surface area contributed by atoms with Crippen LogP contribution in [0.5, 0.6) is 11.5 Å². The first-order valence-electron chi connectivity index (χ1n) is 9.71. The van der Waals surface area contributed by atoms with Gasteiger partial charge in [-0.3, -0.25) is 34.5 Å². The van der Waals surface area contributed by atoms with Crippen molar-refractivity contribution in [3.63, 3.8) is 0 Å². The fraction of sp³-hybridized carbons (Fsp3) is 0.350. The normalized spacial score (nSPS) is 10.7. The lowest BCUT2D eigenvalue weighted by molar-refractivity contribution is -0.122. The van der Waals surface area contributed by atoms with Crippen molar-refractivity contribution in [2.45, 2.75) is 26.3 Å². The Balaban J connectivity index is 1.60.